The van der Waals surface area contributed by atoms with E-state index in [9.17, 15) is 4.79 Å². The highest BCUT2D eigenvalue weighted by Crippen LogP contribution is 1.95. The maximum atomic E-state index is 9.95. The van der Waals surface area contributed by atoms with E-state index in [2.05, 4.69) is 0 Å². The molecule has 0 bridgehead atoms. The van der Waals surface area contributed by atoms with Gasteiger partial charge in [0.2, 0.25) is 0 Å². The van der Waals surface area contributed by atoms with Crippen LogP contribution in [0.5, 0.6) is 0 Å². The second kappa shape index (κ2) is 2.64. The largest absolute Gasteiger partial charge is 0.365 e. The third-order valence-corrected chi connectivity index (χ3v) is 0.893. The van der Waals surface area contributed by atoms with Crippen LogP contribution in [-0.2, 0) is 4.79 Å². The summed E-state index contributed by atoms with van der Waals surface area (Å²) in [5.41, 5.74) is 4.71. The fourth-order valence-electron chi connectivity index (χ4n) is 0.142. The molecule has 0 aliphatic heterocycles. The average Bonchev–Trinajstić information content (AvgIpc) is 1.65. The van der Waals surface area contributed by atoms with Crippen molar-refractivity contribution in [1.82, 2.24) is 0 Å². The standard InChI is InChI=1S/C4H6ClNO/c1-2-3(5)4(6)7/h2H,1H3,(H2,6,7)/b3-2+. The highest BCUT2D eigenvalue weighted by atomic mass is 35.5. The van der Waals surface area contributed by atoms with E-state index in [0.29, 0.717) is 0 Å². The van der Waals surface area contributed by atoms with Crippen LogP contribution in [0, 0.1) is 0 Å². The van der Waals surface area contributed by atoms with Crippen molar-refractivity contribution in [2.75, 3.05) is 0 Å². The summed E-state index contributed by atoms with van der Waals surface area (Å²) in [4.78, 5) is 9.95. The molecule has 0 aliphatic rings. The first-order chi connectivity index (χ1) is 3.18. The summed E-state index contributed by atoms with van der Waals surface area (Å²) in [5, 5.41) is 0.0833. The van der Waals surface area contributed by atoms with Crippen molar-refractivity contribution in [3.05, 3.63) is 11.1 Å². The minimum atomic E-state index is -0.579. The predicted octanol–water partition coefficient (Wildman–Crippen LogP) is 0.614. The summed E-state index contributed by atoms with van der Waals surface area (Å²) < 4.78 is 0. The van der Waals surface area contributed by atoms with Gasteiger partial charge in [0.05, 0.1) is 0 Å². The van der Waals surface area contributed by atoms with Crippen LogP contribution in [0.25, 0.3) is 0 Å². The molecule has 0 rings (SSSR count). The lowest BCUT2D eigenvalue weighted by molar-refractivity contribution is -0.114. The van der Waals surface area contributed by atoms with Gasteiger partial charge in [-0.25, -0.2) is 0 Å². The Morgan fingerprint density at radius 3 is 2.29 bits per heavy atom. The maximum Gasteiger partial charge on any atom is 0.259 e. The Hall–Kier alpha value is -0.500. The highest BCUT2D eigenvalue weighted by Gasteiger charge is 1.93. The molecule has 0 saturated carbocycles. The minimum Gasteiger partial charge on any atom is -0.365 e. The summed E-state index contributed by atoms with van der Waals surface area (Å²) in [7, 11) is 0. The van der Waals surface area contributed by atoms with Gasteiger partial charge in [0, 0.05) is 0 Å². The smallest absolute Gasteiger partial charge is 0.259 e. The molecule has 0 fully saturated rings. The molecule has 2 nitrogen and oxygen atoms in total. The molecule has 7 heavy (non-hydrogen) atoms. The molecule has 2 N–H and O–H groups in total. The third kappa shape index (κ3) is 2.23. The van der Waals surface area contributed by atoms with E-state index in [0.717, 1.165) is 0 Å². The lowest BCUT2D eigenvalue weighted by atomic mass is 10.5. The number of rotatable bonds is 1. The summed E-state index contributed by atoms with van der Waals surface area (Å²) in [5.74, 6) is -0.579. The van der Waals surface area contributed by atoms with Crippen molar-refractivity contribution in [3.8, 4) is 0 Å². The lowest BCUT2D eigenvalue weighted by Gasteiger charge is -1.82. The average molecular weight is 120 g/mol. The molecule has 0 spiro atoms. The molecule has 0 aliphatic carbocycles. The van der Waals surface area contributed by atoms with Crippen LogP contribution >= 0.6 is 11.6 Å². The quantitative estimate of drug-likeness (QED) is 0.505. The summed E-state index contributed by atoms with van der Waals surface area (Å²) in [6.45, 7) is 1.65. The number of nitrogens with two attached hydrogens (primary N) is 1. The molecule has 3 heteroatoms. The minimum absolute atomic E-state index is 0.0833. The Morgan fingerprint density at radius 2 is 2.29 bits per heavy atom. The van der Waals surface area contributed by atoms with Gasteiger partial charge in [0.25, 0.3) is 5.91 Å². The monoisotopic (exact) mass is 119 g/mol. The molecule has 0 aromatic carbocycles. The molecule has 0 atom stereocenters. The van der Waals surface area contributed by atoms with Crippen molar-refractivity contribution in [2.24, 2.45) is 5.73 Å². The van der Waals surface area contributed by atoms with Crippen molar-refractivity contribution in [1.29, 1.82) is 0 Å². The van der Waals surface area contributed by atoms with Gasteiger partial charge in [0.15, 0.2) is 0 Å². The Kier molecular flexibility index (Phi) is 2.45. The summed E-state index contributed by atoms with van der Waals surface area (Å²) in [6.07, 6.45) is 1.45. The molecule has 0 aromatic rings. The molecule has 0 aromatic heterocycles. The molecule has 1 amide bonds. The maximum absolute atomic E-state index is 9.95. The first-order valence-corrected chi connectivity index (χ1v) is 2.18. The van der Waals surface area contributed by atoms with E-state index in [4.69, 9.17) is 17.3 Å². The molecule has 0 radical (unpaired) electrons. The zero-order chi connectivity index (χ0) is 5.86. The first-order valence-electron chi connectivity index (χ1n) is 1.80. The van der Waals surface area contributed by atoms with Gasteiger partial charge in [-0.1, -0.05) is 17.7 Å². The first kappa shape index (κ1) is 6.50. The molecule has 0 heterocycles. The topological polar surface area (TPSA) is 43.1 Å². The highest BCUT2D eigenvalue weighted by molar-refractivity contribution is 6.41. The predicted molar refractivity (Wildman–Crippen MR) is 28.8 cm³/mol. The van der Waals surface area contributed by atoms with E-state index in [1.807, 2.05) is 0 Å². The van der Waals surface area contributed by atoms with Gasteiger partial charge < -0.3 is 5.73 Å². The van der Waals surface area contributed by atoms with E-state index in [-0.39, 0.29) is 5.03 Å². The van der Waals surface area contributed by atoms with Crippen LogP contribution in [0.15, 0.2) is 11.1 Å². The summed E-state index contributed by atoms with van der Waals surface area (Å²) >= 11 is 5.19. The number of primary amides is 1. The van der Waals surface area contributed by atoms with Crippen LogP contribution in [0.3, 0.4) is 0 Å². The van der Waals surface area contributed by atoms with E-state index < -0.39 is 5.91 Å². The molecular weight excluding hydrogens is 114 g/mol. The molecule has 0 unspecified atom stereocenters. The number of amides is 1. The van der Waals surface area contributed by atoms with Crippen molar-refractivity contribution >= 4 is 17.5 Å². The number of halogens is 1. The van der Waals surface area contributed by atoms with Crippen LogP contribution < -0.4 is 5.73 Å². The Labute approximate surface area is 46.9 Å². The summed E-state index contributed by atoms with van der Waals surface area (Å²) in [6, 6.07) is 0. The zero-order valence-electron chi connectivity index (χ0n) is 3.94. The van der Waals surface area contributed by atoms with Gasteiger partial charge in [0.1, 0.15) is 5.03 Å². The molecule has 0 saturated heterocycles. The van der Waals surface area contributed by atoms with Gasteiger partial charge >= 0.3 is 0 Å². The number of carbonyl (C=O) groups excluding carboxylic acids is 1. The van der Waals surface area contributed by atoms with Gasteiger partial charge in [-0.3, -0.25) is 4.79 Å². The SMILES string of the molecule is C/C=C(/Cl)C(N)=O. The van der Waals surface area contributed by atoms with Crippen LogP contribution in [-0.4, -0.2) is 5.91 Å². The van der Waals surface area contributed by atoms with E-state index in [1.54, 1.807) is 6.92 Å². The Morgan fingerprint density at radius 1 is 1.86 bits per heavy atom. The third-order valence-electron chi connectivity index (χ3n) is 0.489. The molecule has 40 valence electrons. The van der Waals surface area contributed by atoms with E-state index in [1.165, 1.54) is 6.08 Å². The zero-order valence-corrected chi connectivity index (χ0v) is 4.70. The number of hydrogen-bond acceptors (Lipinski definition) is 1. The van der Waals surface area contributed by atoms with E-state index >= 15 is 0 Å². The van der Waals surface area contributed by atoms with Gasteiger partial charge in [-0.05, 0) is 6.92 Å². The number of allylic oxidation sites excluding steroid dienone is 1. The van der Waals surface area contributed by atoms with Crippen LogP contribution in [0.1, 0.15) is 6.92 Å². The molecular formula is C4H6ClNO. The van der Waals surface area contributed by atoms with Gasteiger partial charge in [-0.15, -0.1) is 0 Å². The second-order valence-corrected chi connectivity index (χ2v) is 1.41. The van der Waals surface area contributed by atoms with Crippen LogP contribution in [0.4, 0.5) is 0 Å². The van der Waals surface area contributed by atoms with Crippen molar-refractivity contribution in [2.45, 2.75) is 6.92 Å². The van der Waals surface area contributed by atoms with Gasteiger partial charge in [-0.2, -0.15) is 0 Å². The normalized spacial score (nSPS) is 11.4. The fraction of sp³-hybridized carbons (Fsp3) is 0.250. The number of carbonyl (C=O) groups is 1. The van der Waals surface area contributed by atoms with Crippen molar-refractivity contribution in [3.63, 3.8) is 0 Å². The van der Waals surface area contributed by atoms with Crippen molar-refractivity contribution < 1.29 is 4.79 Å². The van der Waals surface area contributed by atoms with Crippen LogP contribution in [0.2, 0.25) is 0 Å². The Bertz CT molecular complexity index is 108. The fourth-order valence-corrected chi connectivity index (χ4v) is 0.142. The second-order valence-electron chi connectivity index (χ2n) is 1.00. The lowest BCUT2D eigenvalue weighted by Crippen LogP contribution is -2.09. The number of hydrogen-bond donors (Lipinski definition) is 1. The Balaban J connectivity index is 3.82.